The fourth-order valence-corrected chi connectivity index (χ4v) is 4.55. The van der Waals surface area contributed by atoms with Crippen molar-refractivity contribution >= 4 is 33.8 Å². The van der Waals surface area contributed by atoms with Gasteiger partial charge in [0.05, 0.1) is 10.4 Å². The minimum Gasteiger partial charge on any atom is -0.347 e. The topological polar surface area (TPSA) is 44.0 Å². The lowest BCUT2D eigenvalue weighted by Crippen LogP contribution is -2.38. The van der Waals surface area contributed by atoms with Crippen molar-refractivity contribution in [2.45, 2.75) is 38.3 Å². The van der Waals surface area contributed by atoms with E-state index in [0.29, 0.717) is 11.4 Å². The molecule has 0 amide bonds. The molecule has 2 aromatic heterocycles. The van der Waals surface area contributed by atoms with Gasteiger partial charge in [0.15, 0.2) is 0 Å². The summed E-state index contributed by atoms with van der Waals surface area (Å²) in [5, 5.41) is 14.7. The van der Waals surface area contributed by atoms with Crippen molar-refractivity contribution in [1.29, 1.82) is 5.41 Å². The van der Waals surface area contributed by atoms with E-state index < -0.39 is 0 Å². The predicted molar refractivity (Wildman–Crippen MR) is 112 cm³/mol. The molecule has 0 unspecified atom stereocenters. The first kappa shape index (κ1) is 17.3. The van der Waals surface area contributed by atoms with Crippen molar-refractivity contribution in [1.82, 2.24) is 9.47 Å². The second kappa shape index (κ2) is 6.89. The van der Waals surface area contributed by atoms with Crippen LogP contribution in [0, 0.1) is 5.41 Å². The first-order valence-corrected chi connectivity index (χ1v) is 10.1. The lowest BCUT2D eigenvalue weighted by atomic mass is 9.95. The van der Waals surface area contributed by atoms with Crippen LogP contribution < -0.4 is 5.32 Å². The van der Waals surface area contributed by atoms with Gasteiger partial charge in [0.25, 0.3) is 0 Å². The molecule has 3 heterocycles. The van der Waals surface area contributed by atoms with Gasteiger partial charge >= 0.3 is 0 Å². The molecular formula is C21H26N4S. The van der Waals surface area contributed by atoms with Gasteiger partial charge in [-0.3, -0.25) is 5.41 Å². The van der Waals surface area contributed by atoms with Crippen molar-refractivity contribution in [3.63, 3.8) is 0 Å². The van der Waals surface area contributed by atoms with Gasteiger partial charge < -0.3 is 14.8 Å². The monoisotopic (exact) mass is 366 g/mol. The number of benzene rings is 1. The third-order valence-electron chi connectivity index (χ3n) is 5.83. The zero-order valence-corrected chi connectivity index (χ0v) is 16.3. The molecular weight excluding hydrogens is 340 g/mol. The minimum atomic E-state index is 0.313. The molecule has 1 atom stereocenters. The largest absolute Gasteiger partial charge is 0.347 e. The molecule has 4 rings (SSSR count). The molecule has 1 saturated heterocycles. The lowest BCUT2D eigenvalue weighted by Gasteiger charge is -2.32. The number of rotatable bonds is 5. The smallest absolute Gasteiger partial charge is 0.140 e. The summed E-state index contributed by atoms with van der Waals surface area (Å²) in [6, 6.07) is 12.5. The van der Waals surface area contributed by atoms with Crippen molar-refractivity contribution in [3.05, 3.63) is 52.9 Å². The fraction of sp³-hybridized carbons (Fsp3) is 0.381. The molecule has 1 aliphatic heterocycles. The van der Waals surface area contributed by atoms with E-state index in [1.54, 1.807) is 11.3 Å². The number of fused-ring (bicyclic) bond motifs is 1. The Morgan fingerprint density at radius 3 is 2.92 bits per heavy atom. The quantitative estimate of drug-likeness (QED) is 0.492. The Kier molecular flexibility index (Phi) is 4.59. The van der Waals surface area contributed by atoms with Crippen molar-refractivity contribution in [3.8, 4) is 0 Å². The van der Waals surface area contributed by atoms with Crippen LogP contribution in [-0.2, 0) is 6.54 Å². The maximum absolute atomic E-state index is 8.24. The lowest BCUT2D eigenvalue weighted by molar-refractivity contribution is 0.175. The second-order valence-corrected chi connectivity index (χ2v) is 8.48. The Hall–Kier alpha value is -2.11. The third kappa shape index (κ3) is 3.29. The number of nitrogens with zero attached hydrogens (tertiary/aromatic N) is 2. The number of hydrogen-bond acceptors (Lipinski definition) is 3. The summed E-state index contributed by atoms with van der Waals surface area (Å²) in [7, 11) is 2.25. The maximum Gasteiger partial charge on any atom is 0.140 e. The highest BCUT2D eigenvalue weighted by molar-refractivity contribution is 7.12. The molecule has 0 radical (unpaired) electrons. The second-order valence-electron chi connectivity index (χ2n) is 7.53. The van der Waals surface area contributed by atoms with E-state index in [4.69, 9.17) is 5.41 Å². The molecule has 1 aromatic carbocycles. The third-order valence-corrected chi connectivity index (χ3v) is 6.72. The van der Waals surface area contributed by atoms with Gasteiger partial charge in [-0.25, -0.2) is 0 Å². The molecule has 136 valence electrons. The normalized spacial score (nSPS) is 20.7. The Bertz CT molecular complexity index is 911. The van der Waals surface area contributed by atoms with Crippen LogP contribution in [0.1, 0.15) is 31.1 Å². The Morgan fingerprint density at radius 1 is 1.31 bits per heavy atom. The van der Waals surface area contributed by atoms with Crippen molar-refractivity contribution in [2.75, 3.05) is 18.9 Å². The van der Waals surface area contributed by atoms with Gasteiger partial charge in [-0.1, -0.05) is 12.1 Å². The average Bonchev–Trinajstić information content (AvgIpc) is 3.35. The summed E-state index contributed by atoms with van der Waals surface area (Å²) in [6.07, 6.45) is 5.94. The van der Waals surface area contributed by atoms with Gasteiger partial charge in [0.1, 0.15) is 5.84 Å². The number of amidine groups is 1. The van der Waals surface area contributed by atoms with Crippen LogP contribution in [0.15, 0.2) is 48.0 Å². The van der Waals surface area contributed by atoms with E-state index in [-0.39, 0.29) is 0 Å². The highest BCUT2D eigenvalue weighted by Crippen LogP contribution is 2.31. The number of hydrogen-bond donors (Lipinski definition) is 2. The predicted octanol–water partition coefficient (Wildman–Crippen LogP) is 5.01. The van der Waals surface area contributed by atoms with Gasteiger partial charge in [0.2, 0.25) is 0 Å². The molecule has 2 N–H and O–H groups in total. The molecule has 0 spiro atoms. The van der Waals surface area contributed by atoms with Crippen LogP contribution in [-0.4, -0.2) is 34.4 Å². The van der Waals surface area contributed by atoms with E-state index in [2.05, 4.69) is 59.2 Å². The summed E-state index contributed by atoms with van der Waals surface area (Å²) < 4.78 is 2.35. The standard InChI is InChI=1S/C21H26N4S/c1-21(9-4-11-24(21)2)10-13-25-12-8-16-6-7-17(15-18(16)25)23-20(22)19-5-3-14-26-19/h3,5-8,12,14-15H,4,9-11,13H2,1-2H3,(H2,22,23)/t21-/m0/s1. The zero-order chi connectivity index (χ0) is 18.1. The SMILES string of the molecule is CN1CCC[C@@]1(C)CCn1ccc2ccc(NC(=N)c3cccs3)cc21. The van der Waals surface area contributed by atoms with E-state index in [1.165, 1.54) is 30.3 Å². The number of anilines is 1. The van der Waals surface area contributed by atoms with Gasteiger partial charge in [-0.15, -0.1) is 11.3 Å². The number of aryl methyl sites for hydroxylation is 1. The number of nitrogens with one attached hydrogen (secondary N) is 2. The minimum absolute atomic E-state index is 0.313. The summed E-state index contributed by atoms with van der Waals surface area (Å²) in [5.74, 6) is 0.456. The van der Waals surface area contributed by atoms with Gasteiger partial charge in [-0.2, -0.15) is 0 Å². The Morgan fingerprint density at radius 2 is 2.19 bits per heavy atom. The molecule has 0 saturated carbocycles. The van der Waals surface area contributed by atoms with Gasteiger partial charge in [0, 0.05) is 24.0 Å². The Balaban J connectivity index is 1.52. The van der Waals surface area contributed by atoms with E-state index in [9.17, 15) is 0 Å². The first-order valence-electron chi connectivity index (χ1n) is 9.25. The van der Waals surface area contributed by atoms with Crippen LogP contribution >= 0.6 is 11.3 Å². The summed E-state index contributed by atoms with van der Waals surface area (Å²) in [4.78, 5) is 3.46. The molecule has 26 heavy (non-hydrogen) atoms. The van der Waals surface area contributed by atoms with Crippen LogP contribution in [0.3, 0.4) is 0 Å². The van der Waals surface area contributed by atoms with Gasteiger partial charge in [-0.05, 0) is 74.8 Å². The molecule has 1 aliphatic rings. The number of thiophene rings is 1. The average molecular weight is 367 g/mol. The van der Waals surface area contributed by atoms with E-state index >= 15 is 0 Å². The molecule has 4 nitrogen and oxygen atoms in total. The summed E-state index contributed by atoms with van der Waals surface area (Å²) in [6.45, 7) is 4.62. The van der Waals surface area contributed by atoms with Crippen LogP contribution in [0.25, 0.3) is 10.9 Å². The number of aromatic nitrogens is 1. The van der Waals surface area contributed by atoms with E-state index in [0.717, 1.165) is 23.5 Å². The first-order chi connectivity index (χ1) is 12.5. The van der Waals surface area contributed by atoms with Crippen LogP contribution in [0.4, 0.5) is 5.69 Å². The van der Waals surface area contributed by atoms with Crippen molar-refractivity contribution < 1.29 is 0 Å². The number of likely N-dealkylation sites (tertiary alicyclic amines) is 1. The van der Waals surface area contributed by atoms with Crippen molar-refractivity contribution in [2.24, 2.45) is 0 Å². The van der Waals surface area contributed by atoms with E-state index in [1.807, 2.05) is 17.5 Å². The molecule has 3 aromatic rings. The Labute approximate surface area is 159 Å². The highest BCUT2D eigenvalue weighted by atomic mass is 32.1. The molecule has 1 fully saturated rings. The van der Waals surface area contributed by atoms with Crippen LogP contribution in [0.5, 0.6) is 0 Å². The summed E-state index contributed by atoms with van der Waals surface area (Å²) in [5.41, 5.74) is 2.52. The maximum atomic E-state index is 8.24. The fourth-order valence-electron chi connectivity index (χ4n) is 3.92. The molecule has 5 heteroatoms. The summed E-state index contributed by atoms with van der Waals surface area (Å²) >= 11 is 1.58. The van der Waals surface area contributed by atoms with Crippen LogP contribution in [0.2, 0.25) is 0 Å². The zero-order valence-electron chi connectivity index (χ0n) is 15.5. The molecule has 0 aliphatic carbocycles. The highest BCUT2D eigenvalue weighted by Gasteiger charge is 2.33. The molecule has 0 bridgehead atoms.